The van der Waals surface area contributed by atoms with Crippen LogP contribution in [0, 0.1) is 5.82 Å². The van der Waals surface area contributed by atoms with Crippen molar-refractivity contribution in [1.82, 2.24) is 10.3 Å². The second-order valence-corrected chi connectivity index (χ2v) is 4.85. The van der Waals surface area contributed by atoms with Crippen molar-refractivity contribution in [3.05, 3.63) is 72.2 Å². The van der Waals surface area contributed by atoms with Gasteiger partial charge in [-0.25, -0.2) is 9.18 Å². The second kappa shape index (κ2) is 6.22. The van der Waals surface area contributed by atoms with E-state index in [0.29, 0.717) is 12.2 Å². The summed E-state index contributed by atoms with van der Waals surface area (Å²) in [6.45, 7) is 0.401. The van der Waals surface area contributed by atoms with E-state index in [2.05, 4.69) is 15.6 Å². The minimum absolute atomic E-state index is 0.335. The molecule has 3 aromatic rings. The van der Waals surface area contributed by atoms with Crippen LogP contribution in [0.15, 0.2) is 60.8 Å². The Kier molecular flexibility index (Phi) is 3.96. The molecule has 0 atom stereocenters. The number of fused-ring (bicyclic) bond motifs is 1. The number of amides is 2. The summed E-state index contributed by atoms with van der Waals surface area (Å²) in [4.78, 5) is 16.1. The molecule has 22 heavy (non-hydrogen) atoms. The number of urea groups is 1. The molecule has 0 aliphatic carbocycles. The number of halogens is 1. The molecule has 0 saturated carbocycles. The average Bonchev–Trinajstić information content (AvgIpc) is 2.55. The maximum Gasteiger partial charge on any atom is 0.319 e. The molecule has 0 spiro atoms. The predicted molar refractivity (Wildman–Crippen MR) is 84.0 cm³/mol. The minimum Gasteiger partial charge on any atom is -0.334 e. The Labute approximate surface area is 127 Å². The van der Waals surface area contributed by atoms with Crippen molar-refractivity contribution < 1.29 is 9.18 Å². The van der Waals surface area contributed by atoms with Gasteiger partial charge in [-0.2, -0.15) is 0 Å². The van der Waals surface area contributed by atoms with Crippen LogP contribution in [0.25, 0.3) is 10.9 Å². The fourth-order valence-corrected chi connectivity index (χ4v) is 2.13. The SMILES string of the molecule is O=C(NCc1ccc2ncccc2c1)Nc1ccc(F)cc1. The number of pyridine rings is 1. The van der Waals surface area contributed by atoms with E-state index in [1.54, 1.807) is 6.20 Å². The molecule has 2 N–H and O–H groups in total. The standard InChI is InChI=1S/C17H14FN3O/c18-14-4-6-15(7-5-14)21-17(22)20-11-12-3-8-16-13(10-12)2-1-9-19-16/h1-10H,11H2,(H2,20,21,22). The summed E-state index contributed by atoms with van der Waals surface area (Å²) >= 11 is 0. The van der Waals surface area contributed by atoms with Gasteiger partial charge in [0, 0.05) is 23.8 Å². The molecule has 2 aromatic carbocycles. The Balaban J connectivity index is 1.60. The van der Waals surface area contributed by atoms with Gasteiger partial charge in [0.15, 0.2) is 0 Å². The number of anilines is 1. The summed E-state index contributed by atoms with van der Waals surface area (Å²) in [5.41, 5.74) is 2.44. The number of carbonyl (C=O) groups is 1. The van der Waals surface area contributed by atoms with Crippen molar-refractivity contribution in [1.29, 1.82) is 0 Å². The number of aromatic nitrogens is 1. The lowest BCUT2D eigenvalue weighted by Gasteiger charge is -2.08. The number of hydrogen-bond donors (Lipinski definition) is 2. The molecule has 4 nitrogen and oxygen atoms in total. The first-order valence-corrected chi connectivity index (χ1v) is 6.85. The van der Waals surface area contributed by atoms with Crippen molar-refractivity contribution >= 4 is 22.6 Å². The molecule has 0 saturated heterocycles. The summed E-state index contributed by atoms with van der Waals surface area (Å²) in [6.07, 6.45) is 1.75. The summed E-state index contributed by atoms with van der Waals surface area (Å²) in [6, 6.07) is 15.0. The van der Waals surface area contributed by atoms with Gasteiger partial charge in [0.2, 0.25) is 0 Å². The summed E-state index contributed by atoms with van der Waals surface area (Å²) in [5, 5.41) is 6.44. The lowest BCUT2D eigenvalue weighted by Crippen LogP contribution is -2.28. The largest absolute Gasteiger partial charge is 0.334 e. The third-order valence-electron chi connectivity index (χ3n) is 3.22. The summed E-state index contributed by atoms with van der Waals surface area (Å²) in [5.74, 6) is -0.337. The highest BCUT2D eigenvalue weighted by molar-refractivity contribution is 5.89. The summed E-state index contributed by atoms with van der Waals surface area (Å²) in [7, 11) is 0. The minimum atomic E-state index is -0.337. The van der Waals surface area contributed by atoms with Gasteiger partial charge < -0.3 is 10.6 Å². The van der Waals surface area contributed by atoms with Crippen LogP contribution in [-0.4, -0.2) is 11.0 Å². The highest BCUT2D eigenvalue weighted by atomic mass is 19.1. The van der Waals surface area contributed by atoms with Gasteiger partial charge in [-0.15, -0.1) is 0 Å². The second-order valence-electron chi connectivity index (χ2n) is 4.85. The van der Waals surface area contributed by atoms with Crippen molar-refractivity contribution in [2.45, 2.75) is 6.54 Å². The zero-order valence-electron chi connectivity index (χ0n) is 11.7. The Bertz CT molecular complexity index is 802. The maximum absolute atomic E-state index is 12.8. The van der Waals surface area contributed by atoms with Gasteiger partial charge in [-0.1, -0.05) is 12.1 Å². The molecular weight excluding hydrogens is 281 g/mol. The number of hydrogen-bond acceptors (Lipinski definition) is 2. The van der Waals surface area contributed by atoms with E-state index in [4.69, 9.17) is 0 Å². The van der Waals surface area contributed by atoms with E-state index >= 15 is 0 Å². The predicted octanol–water partition coefficient (Wildman–Crippen LogP) is 3.70. The summed E-state index contributed by atoms with van der Waals surface area (Å²) < 4.78 is 12.8. The molecule has 0 radical (unpaired) electrons. The fourth-order valence-electron chi connectivity index (χ4n) is 2.13. The maximum atomic E-state index is 12.8. The number of nitrogens with one attached hydrogen (secondary N) is 2. The molecule has 0 unspecified atom stereocenters. The number of rotatable bonds is 3. The van der Waals surface area contributed by atoms with Crippen molar-refractivity contribution in [2.24, 2.45) is 0 Å². The monoisotopic (exact) mass is 295 g/mol. The fraction of sp³-hybridized carbons (Fsp3) is 0.0588. The Morgan fingerprint density at radius 3 is 2.73 bits per heavy atom. The smallest absolute Gasteiger partial charge is 0.319 e. The zero-order chi connectivity index (χ0) is 15.4. The van der Waals surface area contributed by atoms with Crippen molar-refractivity contribution in [3.8, 4) is 0 Å². The molecule has 1 aromatic heterocycles. The molecule has 0 fully saturated rings. The van der Waals surface area contributed by atoms with E-state index in [1.807, 2.05) is 30.3 Å². The molecule has 5 heteroatoms. The van der Waals surface area contributed by atoms with Gasteiger partial charge >= 0.3 is 6.03 Å². The quantitative estimate of drug-likeness (QED) is 0.774. The topological polar surface area (TPSA) is 54.0 Å². The molecule has 3 rings (SSSR count). The van der Waals surface area contributed by atoms with Crippen molar-refractivity contribution in [3.63, 3.8) is 0 Å². The molecule has 0 aliphatic heterocycles. The third-order valence-corrected chi connectivity index (χ3v) is 3.22. The molecular formula is C17H14FN3O. The Morgan fingerprint density at radius 2 is 1.91 bits per heavy atom. The van der Waals surface area contributed by atoms with E-state index in [9.17, 15) is 9.18 Å². The number of nitrogens with zero attached hydrogens (tertiary/aromatic N) is 1. The van der Waals surface area contributed by atoms with Crippen LogP contribution < -0.4 is 10.6 Å². The third kappa shape index (κ3) is 3.38. The van der Waals surface area contributed by atoms with E-state index in [-0.39, 0.29) is 11.8 Å². The Hall–Kier alpha value is -2.95. The van der Waals surface area contributed by atoms with E-state index in [0.717, 1.165) is 16.5 Å². The van der Waals surface area contributed by atoms with Gasteiger partial charge in [0.1, 0.15) is 5.82 Å². The van der Waals surface area contributed by atoms with Gasteiger partial charge in [-0.05, 0) is 48.0 Å². The van der Waals surface area contributed by atoms with E-state index < -0.39 is 0 Å². The van der Waals surface area contributed by atoms with Crippen molar-refractivity contribution in [2.75, 3.05) is 5.32 Å². The van der Waals surface area contributed by atoms with Gasteiger partial charge in [0.25, 0.3) is 0 Å². The number of carbonyl (C=O) groups excluding carboxylic acids is 1. The molecule has 1 heterocycles. The average molecular weight is 295 g/mol. The molecule has 0 bridgehead atoms. The first kappa shape index (κ1) is 14.0. The Morgan fingerprint density at radius 1 is 1.09 bits per heavy atom. The first-order chi connectivity index (χ1) is 10.7. The molecule has 110 valence electrons. The highest BCUT2D eigenvalue weighted by Crippen LogP contribution is 2.13. The number of benzene rings is 2. The van der Waals surface area contributed by atoms with Crippen LogP contribution in [0.4, 0.5) is 14.9 Å². The van der Waals surface area contributed by atoms with Crippen LogP contribution in [0.1, 0.15) is 5.56 Å². The first-order valence-electron chi connectivity index (χ1n) is 6.85. The highest BCUT2D eigenvalue weighted by Gasteiger charge is 2.03. The van der Waals surface area contributed by atoms with Crippen LogP contribution in [0.5, 0.6) is 0 Å². The van der Waals surface area contributed by atoms with Crippen LogP contribution in [0.2, 0.25) is 0 Å². The molecule has 2 amide bonds. The lowest BCUT2D eigenvalue weighted by molar-refractivity contribution is 0.251. The van der Waals surface area contributed by atoms with Gasteiger partial charge in [0.05, 0.1) is 5.52 Å². The van der Waals surface area contributed by atoms with Crippen LogP contribution >= 0.6 is 0 Å². The van der Waals surface area contributed by atoms with Gasteiger partial charge in [-0.3, -0.25) is 4.98 Å². The van der Waals surface area contributed by atoms with Crippen LogP contribution in [0.3, 0.4) is 0 Å². The molecule has 0 aliphatic rings. The van der Waals surface area contributed by atoms with E-state index in [1.165, 1.54) is 24.3 Å². The van der Waals surface area contributed by atoms with Crippen LogP contribution in [-0.2, 0) is 6.54 Å². The normalized spacial score (nSPS) is 10.4. The zero-order valence-corrected chi connectivity index (χ0v) is 11.7. The lowest BCUT2D eigenvalue weighted by atomic mass is 10.1.